The largest absolute Gasteiger partial charge is 0.471 e. The highest BCUT2D eigenvalue weighted by Crippen LogP contribution is 2.35. The molecular weight excluding hydrogens is 324 g/mol. The highest BCUT2D eigenvalue weighted by molar-refractivity contribution is 5.57. The van der Waals surface area contributed by atoms with Crippen molar-refractivity contribution in [2.24, 2.45) is 5.18 Å². The third-order valence-electron chi connectivity index (χ3n) is 3.13. The minimum Gasteiger partial charge on any atom is -0.471 e. The van der Waals surface area contributed by atoms with Crippen LogP contribution in [0.5, 0.6) is 11.8 Å². The van der Waals surface area contributed by atoms with E-state index in [1.807, 2.05) is 12.1 Å². The van der Waals surface area contributed by atoms with Crippen LogP contribution in [0.4, 0.5) is 11.6 Å². The number of nitroso groups, excluding NO2 is 1. The van der Waals surface area contributed by atoms with Crippen molar-refractivity contribution in [2.75, 3.05) is 5.73 Å². The first-order valence-corrected chi connectivity index (χ1v) is 7.30. The number of pyridine rings is 2. The molecule has 0 saturated carbocycles. The Hall–Kier alpha value is -3.62. The Balaban J connectivity index is 1.78. The Morgan fingerprint density at radius 1 is 0.920 bits per heavy atom. The molecule has 0 aliphatic rings. The summed E-state index contributed by atoms with van der Waals surface area (Å²) >= 11 is 0. The molecule has 3 aromatic rings. The number of hydrogen-bond acceptors (Lipinski definition) is 9. The van der Waals surface area contributed by atoms with Crippen LogP contribution < -0.4 is 15.2 Å². The van der Waals surface area contributed by atoms with Crippen molar-refractivity contribution >= 4 is 11.6 Å². The van der Waals surface area contributed by atoms with Gasteiger partial charge in [0.1, 0.15) is 13.2 Å². The van der Waals surface area contributed by atoms with Crippen molar-refractivity contribution in [1.82, 2.24) is 19.9 Å². The maximum atomic E-state index is 11.2. The summed E-state index contributed by atoms with van der Waals surface area (Å²) in [6, 6.07) is 7.19. The van der Waals surface area contributed by atoms with Crippen LogP contribution in [0, 0.1) is 4.91 Å². The van der Waals surface area contributed by atoms with E-state index in [1.54, 1.807) is 36.9 Å². The molecule has 0 radical (unpaired) electrons. The molecule has 0 unspecified atom stereocenters. The summed E-state index contributed by atoms with van der Waals surface area (Å²) in [5.74, 6) is -0.185. The summed E-state index contributed by atoms with van der Waals surface area (Å²) in [5.41, 5.74) is 7.12. The molecule has 126 valence electrons. The first-order chi connectivity index (χ1) is 12.3. The van der Waals surface area contributed by atoms with Gasteiger partial charge in [0.25, 0.3) is 11.8 Å². The van der Waals surface area contributed by atoms with Gasteiger partial charge in [-0.15, -0.1) is 4.91 Å². The van der Waals surface area contributed by atoms with Gasteiger partial charge in [0.2, 0.25) is 11.6 Å². The number of rotatable bonds is 7. The fraction of sp³-hybridized carbons (Fsp3) is 0.125. The Kier molecular flexibility index (Phi) is 5.05. The molecule has 0 aliphatic heterocycles. The predicted octanol–water partition coefficient (Wildman–Crippen LogP) is 2.40. The quantitative estimate of drug-likeness (QED) is 0.651. The van der Waals surface area contributed by atoms with Crippen molar-refractivity contribution in [3.8, 4) is 11.8 Å². The van der Waals surface area contributed by atoms with Crippen LogP contribution in [0.25, 0.3) is 0 Å². The number of hydrogen-bond donors (Lipinski definition) is 1. The Morgan fingerprint density at radius 2 is 1.44 bits per heavy atom. The Morgan fingerprint density at radius 3 is 1.84 bits per heavy atom. The standard InChI is InChI=1S/C16H14N6O3/c17-16-20-14(24-9-11-3-1-5-18-7-11)13(22-23)15(21-16)25-10-12-4-2-6-19-8-12/h1-8H,9-10H2,(H2,17,20,21). The van der Waals surface area contributed by atoms with E-state index >= 15 is 0 Å². The molecular formula is C16H14N6O3. The third-order valence-corrected chi connectivity index (χ3v) is 3.13. The molecule has 2 N–H and O–H groups in total. The number of anilines is 1. The molecule has 3 heterocycles. The van der Waals surface area contributed by atoms with Crippen LogP contribution in [-0.2, 0) is 13.2 Å². The summed E-state index contributed by atoms with van der Waals surface area (Å²) in [5, 5.41) is 2.92. The van der Waals surface area contributed by atoms with E-state index in [0.29, 0.717) is 0 Å². The summed E-state index contributed by atoms with van der Waals surface area (Å²) in [6.07, 6.45) is 6.57. The summed E-state index contributed by atoms with van der Waals surface area (Å²) in [4.78, 5) is 27.0. The van der Waals surface area contributed by atoms with Crippen LogP contribution in [0.15, 0.2) is 54.2 Å². The van der Waals surface area contributed by atoms with Gasteiger partial charge in [-0.25, -0.2) is 0 Å². The Bertz CT molecular complexity index is 780. The van der Waals surface area contributed by atoms with E-state index in [9.17, 15) is 4.91 Å². The van der Waals surface area contributed by atoms with E-state index in [-0.39, 0.29) is 36.6 Å². The maximum absolute atomic E-state index is 11.2. The zero-order valence-corrected chi connectivity index (χ0v) is 13.1. The van der Waals surface area contributed by atoms with Gasteiger partial charge in [-0.05, 0) is 17.3 Å². The molecule has 0 aromatic carbocycles. The minimum absolute atomic E-state index is 0.0486. The molecule has 9 nitrogen and oxygen atoms in total. The number of ether oxygens (including phenoxy) is 2. The fourth-order valence-electron chi connectivity index (χ4n) is 1.98. The zero-order chi connectivity index (χ0) is 17.5. The average Bonchev–Trinajstić information content (AvgIpc) is 2.66. The van der Waals surface area contributed by atoms with Gasteiger partial charge in [-0.3, -0.25) is 9.97 Å². The summed E-state index contributed by atoms with van der Waals surface area (Å²) in [6.45, 7) is 0.295. The summed E-state index contributed by atoms with van der Waals surface area (Å²) in [7, 11) is 0. The van der Waals surface area contributed by atoms with Gasteiger partial charge in [-0.1, -0.05) is 12.1 Å². The number of aromatic nitrogens is 4. The monoisotopic (exact) mass is 338 g/mol. The first-order valence-electron chi connectivity index (χ1n) is 7.30. The highest BCUT2D eigenvalue weighted by atomic mass is 16.5. The van der Waals surface area contributed by atoms with Gasteiger partial charge in [0.05, 0.1) is 0 Å². The van der Waals surface area contributed by atoms with Gasteiger partial charge < -0.3 is 15.2 Å². The molecule has 0 aliphatic carbocycles. The number of nitrogen functional groups attached to an aromatic ring is 1. The topological polar surface area (TPSA) is 125 Å². The highest BCUT2D eigenvalue weighted by Gasteiger charge is 2.18. The molecule has 0 fully saturated rings. The maximum Gasteiger partial charge on any atom is 0.253 e. The van der Waals surface area contributed by atoms with Crippen molar-refractivity contribution in [3.05, 3.63) is 65.1 Å². The minimum atomic E-state index is -0.151. The third kappa shape index (κ3) is 4.22. The van der Waals surface area contributed by atoms with Crippen LogP contribution in [0.3, 0.4) is 0 Å². The summed E-state index contributed by atoms with van der Waals surface area (Å²) < 4.78 is 11.1. The fourth-order valence-corrected chi connectivity index (χ4v) is 1.98. The van der Waals surface area contributed by atoms with E-state index < -0.39 is 0 Å². The lowest BCUT2D eigenvalue weighted by Gasteiger charge is -2.11. The van der Waals surface area contributed by atoms with Crippen LogP contribution >= 0.6 is 0 Å². The van der Waals surface area contributed by atoms with Crippen molar-refractivity contribution in [1.29, 1.82) is 0 Å². The molecule has 9 heteroatoms. The van der Waals surface area contributed by atoms with Gasteiger partial charge in [0.15, 0.2) is 0 Å². The van der Waals surface area contributed by atoms with Crippen molar-refractivity contribution < 1.29 is 9.47 Å². The van der Waals surface area contributed by atoms with Crippen molar-refractivity contribution in [3.63, 3.8) is 0 Å². The Labute approximate surface area is 142 Å². The normalized spacial score (nSPS) is 10.2. The molecule has 3 aromatic heterocycles. The van der Waals surface area contributed by atoms with Gasteiger partial charge in [0, 0.05) is 35.9 Å². The molecule has 0 bridgehead atoms. The van der Waals surface area contributed by atoms with Crippen LogP contribution in [0.2, 0.25) is 0 Å². The van der Waals surface area contributed by atoms with E-state index in [4.69, 9.17) is 15.2 Å². The lowest BCUT2D eigenvalue weighted by atomic mass is 10.3. The lowest BCUT2D eigenvalue weighted by Crippen LogP contribution is -2.05. The van der Waals surface area contributed by atoms with Crippen molar-refractivity contribution in [2.45, 2.75) is 13.2 Å². The molecule has 0 spiro atoms. The van der Waals surface area contributed by atoms with E-state index in [2.05, 4.69) is 25.1 Å². The molecule has 3 rings (SSSR count). The van der Waals surface area contributed by atoms with E-state index in [0.717, 1.165) is 11.1 Å². The molecule has 0 atom stereocenters. The van der Waals surface area contributed by atoms with Crippen LogP contribution in [0.1, 0.15) is 11.1 Å². The average molecular weight is 338 g/mol. The molecule has 25 heavy (non-hydrogen) atoms. The number of nitrogens with two attached hydrogens (primary N) is 1. The SMILES string of the molecule is Nc1nc(OCc2cccnc2)c(N=O)c(OCc2cccnc2)n1. The van der Waals surface area contributed by atoms with Gasteiger partial charge >= 0.3 is 0 Å². The second kappa shape index (κ2) is 7.77. The molecule has 0 saturated heterocycles. The number of nitrogens with zero attached hydrogens (tertiary/aromatic N) is 5. The second-order valence-electron chi connectivity index (χ2n) is 4.93. The smallest absolute Gasteiger partial charge is 0.253 e. The van der Waals surface area contributed by atoms with Gasteiger partial charge in [-0.2, -0.15) is 9.97 Å². The lowest BCUT2D eigenvalue weighted by molar-refractivity contribution is 0.276. The van der Waals surface area contributed by atoms with Crippen LogP contribution in [-0.4, -0.2) is 19.9 Å². The second-order valence-corrected chi connectivity index (χ2v) is 4.93. The predicted molar refractivity (Wildman–Crippen MR) is 89.0 cm³/mol. The van der Waals surface area contributed by atoms with E-state index in [1.165, 1.54) is 0 Å². The zero-order valence-electron chi connectivity index (χ0n) is 13.1. The first kappa shape index (κ1) is 16.2. The molecule has 0 amide bonds.